The largest absolute Gasteiger partial charge is 0.378 e. The number of pyridine rings is 2. The van der Waals surface area contributed by atoms with E-state index in [-0.39, 0.29) is 24.1 Å². The van der Waals surface area contributed by atoms with Gasteiger partial charge in [0.05, 0.1) is 43.7 Å². The van der Waals surface area contributed by atoms with Gasteiger partial charge >= 0.3 is 0 Å². The summed E-state index contributed by atoms with van der Waals surface area (Å²) in [7, 11) is 0. The van der Waals surface area contributed by atoms with E-state index in [1.54, 1.807) is 24.5 Å². The molecule has 0 radical (unpaired) electrons. The van der Waals surface area contributed by atoms with Crippen LogP contribution in [0.2, 0.25) is 0 Å². The Labute approximate surface area is 152 Å². The molecule has 26 heavy (non-hydrogen) atoms. The highest BCUT2D eigenvalue weighted by Gasteiger charge is 2.44. The molecule has 7 heteroatoms. The number of nitrogens with zero attached hydrogens (tertiary/aromatic N) is 3. The van der Waals surface area contributed by atoms with Crippen LogP contribution in [0.15, 0.2) is 48.8 Å². The number of morpholine rings is 1. The molecule has 4 heterocycles. The molecule has 0 spiro atoms. The highest BCUT2D eigenvalue weighted by molar-refractivity contribution is 5.92. The minimum Gasteiger partial charge on any atom is -0.378 e. The molecule has 1 amide bonds. The Balaban J connectivity index is 1.46. The number of hydrogen-bond donors (Lipinski definition) is 1. The number of rotatable bonds is 5. The second-order valence-corrected chi connectivity index (χ2v) is 6.53. The first-order valence-electron chi connectivity index (χ1n) is 8.86. The summed E-state index contributed by atoms with van der Waals surface area (Å²) in [5, 5.41) is 3.09. The number of hydrogen-bond acceptors (Lipinski definition) is 6. The van der Waals surface area contributed by atoms with Gasteiger partial charge in [-0.3, -0.25) is 19.7 Å². The first kappa shape index (κ1) is 17.1. The van der Waals surface area contributed by atoms with Crippen molar-refractivity contribution in [2.24, 2.45) is 0 Å². The lowest BCUT2D eigenvalue weighted by molar-refractivity contribution is -0.0537. The van der Waals surface area contributed by atoms with Crippen LogP contribution in [-0.2, 0) is 16.1 Å². The van der Waals surface area contributed by atoms with E-state index in [0.29, 0.717) is 25.5 Å². The summed E-state index contributed by atoms with van der Waals surface area (Å²) < 4.78 is 11.8. The van der Waals surface area contributed by atoms with E-state index < -0.39 is 0 Å². The Hall–Kier alpha value is -2.35. The third kappa shape index (κ3) is 3.75. The zero-order chi connectivity index (χ0) is 17.8. The zero-order valence-electron chi connectivity index (χ0n) is 14.5. The molecule has 0 bridgehead atoms. The van der Waals surface area contributed by atoms with Gasteiger partial charge in [-0.05, 0) is 24.3 Å². The van der Waals surface area contributed by atoms with Crippen LogP contribution in [0.5, 0.6) is 0 Å². The Kier molecular flexibility index (Phi) is 5.19. The summed E-state index contributed by atoms with van der Waals surface area (Å²) >= 11 is 0. The fourth-order valence-corrected chi connectivity index (χ4v) is 3.57. The average Bonchev–Trinajstić information content (AvgIpc) is 3.05. The lowest BCUT2D eigenvalue weighted by Gasteiger charge is -2.32. The van der Waals surface area contributed by atoms with Crippen molar-refractivity contribution in [2.45, 2.75) is 24.8 Å². The quantitative estimate of drug-likeness (QED) is 0.859. The van der Waals surface area contributed by atoms with Crippen LogP contribution < -0.4 is 5.32 Å². The molecule has 7 nitrogen and oxygen atoms in total. The summed E-state index contributed by atoms with van der Waals surface area (Å²) in [6, 6.07) is 11.1. The molecular formula is C19H22N4O3. The molecule has 1 N–H and O–H groups in total. The van der Waals surface area contributed by atoms with Crippen molar-refractivity contribution in [1.29, 1.82) is 0 Å². The average molecular weight is 354 g/mol. The van der Waals surface area contributed by atoms with Crippen LogP contribution in [-0.4, -0.2) is 65.3 Å². The highest BCUT2D eigenvalue weighted by Crippen LogP contribution is 2.25. The number of amides is 1. The molecule has 3 atom stereocenters. The predicted molar refractivity (Wildman–Crippen MR) is 94.5 cm³/mol. The van der Waals surface area contributed by atoms with Crippen molar-refractivity contribution in [1.82, 2.24) is 20.2 Å². The third-order valence-corrected chi connectivity index (χ3v) is 4.85. The van der Waals surface area contributed by atoms with Crippen LogP contribution >= 0.6 is 0 Å². The van der Waals surface area contributed by atoms with Crippen molar-refractivity contribution in [3.8, 4) is 0 Å². The first-order valence-corrected chi connectivity index (χ1v) is 8.86. The van der Waals surface area contributed by atoms with Gasteiger partial charge in [0.25, 0.3) is 5.91 Å². The normalized spacial score (nSPS) is 25.6. The second-order valence-electron chi connectivity index (χ2n) is 6.53. The molecular weight excluding hydrogens is 332 g/mol. The summed E-state index contributed by atoms with van der Waals surface area (Å²) in [6.07, 6.45) is 3.23. The molecule has 2 aliphatic heterocycles. The van der Waals surface area contributed by atoms with Crippen LogP contribution in [0.4, 0.5) is 0 Å². The number of carbonyl (C=O) groups is 1. The lowest BCUT2D eigenvalue weighted by atomic mass is 10.1. The maximum absolute atomic E-state index is 12.5. The minimum absolute atomic E-state index is 0.111. The molecule has 0 saturated carbocycles. The maximum Gasteiger partial charge on any atom is 0.270 e. The highest BCUT2D eigenvalue weighted by atomic mass is 16.5. The monoisotopic (exact) mass is 354 g/mol. The van der Waals surface area contributed by atoms with E-state index in [1.807, 2.05) is 24.3 Å². The van der Waals surface area contributed by atoms with E-state index in [0.717, 1.165) is 18.8 Å². The molecule has 136 valence electrons. The molecule has 2 aromatic rings. The van der Waals surface area contributed by atoms with Crippen LogP contribution in [0.3, 0.4) is 0 Å². The number of aromatic nitrogens is 2. The molecule has 4 rings (SSSR count). The van der Waals surface area contributed by atoms with E-state index in [9.17, 15) is 4.79 Å². The Morgan fingerprint density at radius 3 is 2.85 bits per heavy atom. The van der Waals surface area contributed by atoms with Gasteiger partial charge in [0.15, 0.2) is 0 Å². The summed E-state index contributed by atoms with van der Waals surface area (Å²) in [6.45, 7) is 3.34. The van der Waals surface area contributed by atoms with Gasteiger partial charge in [-0.1, -0.05) is 12.1 Å². The van der Waals surface area contributed by atoms with Gasteiger partial charge < -0.3 is 14.8 Å². The Morgan fingerprint density at radius 1 is 1.23 bits per heavy atom. The van der Waals surface area contributed by atoms with Crippen LogP contribution in [0.1, 0.15) is 16.2 Å². The van der Waals surface area contributed by atoms with E-state index in [2.05, 4.69) is 20.2 Å². The summed E-state index contributed by atoms with van der Waals surface area (Å²) in [5.41, 5.74) is 1.29. The Morgan fingerprint density at radius 2 is 2.08 bits per heavy atom. The number of nitrogens with one attached hydrogen (secondary N) is 1. The summed E-state index contributed by atoms with van der Waals surface area (Å²) in [4.78, 5) is 23.3. The van der Waals surface area contributed by atoms with Gasteiger partial charge in [0.2, 0.25) is 0 Å². The smallest absolute Gasteiger partial charge is 0.270 e. The molecule has 2 aromatic heterocycles. The molecule has 2 aliphatic rings. The van der Waals surface area contributed by atoms with Crippen molar-refractivity contribution in [3.63, 3.8) is 0 Å². The Bertz CT molecular complexity index is 728. The minimum atomic E-state index is -0.178. The van der Waals surface area contributed by atoms with Crippen LogP contribution in [0, 0.1) is 0 Å². The topological polar surface area (TPSA) is 76.6 Å². The fourth-order valence-electron chi connectivity index (χ4n) is 3.57. The van der Waals surface area contributed by atoms with E-state index in [4.69, 9.17) is 9.47 Å². The molecule has 2 saturated heterocycles. The van der Waals surface area contributed by atoms with Gasteiger partial charge in [0.1, 0.15) is 5.69 Å². The predicted octanol–water partition coefficient (Wildman–Crippen LogP) is 0.875. The van der Waals surface area contributed by atoms with Gasteiger partial charge in [0, 0.05) is 25.5 Å². The van der Waals surface area contributed by atoms with E-state index in [1.165, 1.54) is 0 Å². The zero-order valence-corrected chi connectivity index (χ0v) is 14.5. The standard InChI is InChI=1S/C19H22N4O3/c24-19(15-6-2-4-8-21-15)22-16-11-23-9-10-25-13-17(23)18(16)26-12-14-5-1-3-7-20-14/h1-8,16-18H,9-13H2,(H,22,24). The van der Waals surface area contributed by atoms with Gasteiger partial charge in [-0.25, -0.2) is 0 Å². The van der Waals surface area contributed by atoms with Crippen molar-refractivity contribution in [3.05, 3.63) is 60.2 Å². The van der Waals surface area contributed by atoms with E-state index >= 15 is 0 Å². The van der Waals surface area contributed by atoms with Crippen molar-refractivity contribution in [2.75, 3.05) is 26.3 Å². The maximum atomic E-state index is 12.5. The summed E-state index contributed by atoms with van der Waals surface area (Å²) in [5.74, 6) is -0.178. The third-order valence-electron chi connectivity index (χ3n) is 4.85. The van der Waals surface area contributed by atoms with Crippen molar-refractivity contribution >= 4 is 5.91 Å². The fraction of sp³-hybridized carbons (Fsp3) is 0.421. The number of ether oxygens (including phenoxy) is 2. The molecule has 0 aliphatic carbocycles. The van der Waals surface area contributed by atoms with Gasteiger partial charge in [-0.15, -0.1) is 0 Å². The van der Waals surface area contributed by atoms with Crippen LogP contribution in [0.25, 0.3) is 0 Å². The van der Waals surface area contributed by atoms with Gasteiger partial charge in [-0.2, -0.15) is 0 Å². The van der Waals surface area contributed by atoms with Crippen molar-refractivity contribution < 1.29 is 14.3 Å². The first-order chi connectivity index (χ1) is 12.8. The number of fused-ring (bicyclic) bond motifs is 1. The SMILES string of the molecule is O=C(NC1CN2CCOCC2C1OCc1ccccn1)c1ccccn1. The lowest BCUT2D eigenvalue weighted by Crippen LogP contribution is -2.48. The molecule has 3 unspecified atom stereocenters. The molecule has 2 fully saturated rings. The second kappa shape index (κ2) is 7.90. The molecule has 0 aromatic carbocycles. The number of carbonyl (C=O) groups excluding carboxylic acids is 1.